The average molecular weight is 541 g/mol. The molecule has 1 heterocycles. The SMILES string of the molecule is CCN(CC)CCN(C(=O)c1ccc(S(=O)(=O)N(C)c2ccccc2)cc1)c1nc2c(F)cccc2s1. The van der Waals surface area contributed by atoms with Crippen molar-refractivity contribution in [3.8, 4) is 0 Å². The van der Waals surface area contributed by atoms with Gasteiger partial charge in [0, 0.05) is 25.7 Å². The normalized spacial score (nSPS) is 11.7. The van der Waals surface area contributed by atoms with Crippen molar-refractivity contribution < 1.29 is 17.6 Å². The maximum absolute atomic E-state index is 14.3. The van der Waals surface area contributed by atoms with Crippen molar-refractivity contribution in [3.05, 3.63) is 84.2 Å². The number of carbonyl (C=O) groups is 1. The molecule has 194 valence electrons. The lowest BCUT2D eigenvalue weighted by Gasteiger charge is -2.25. The van der Waals surface area contributed by atoms with E-state index in [1.807, 2.05) is 19.9 Å². The summed E-state index contributed by atoms with van der Waals surface area (Å²) in [6.07, 6.45) is 0. The van der Waals surface area contributed by atoms with Crippen molar-refractivity contribution >= 4 is 48.3 Å². The predicted octanol–water partition coefficient (Wildman–Crippen LogP) is 5.25. The molecule has 37 heavy (non-hydrogen) atoms. The Kier molecular flexibility index (Phi) is 8.21. The third-order valence-corrected chi connectivity index (χ3v) is 9.09. The van der Waals surface area contributed by atoms with E-state index in [0.717, 1.165) is 13.1 Å². The van der Waals surface area contributed by atoms with Crippen molar-refractivity contribution in [2.75, 3.05) is 42.4 Å². The molecule has 1 aromatic heterocycles. The van der Waals surface area contributed by atoms with E-state index in [0.29, 0.717) is 34.2 Å². The zero-order valence-electron chi connectivity index (χ0n) is 21.0. The molecule has 0 aliphatic rings. The first-order chi connectivity index (χ1) is 17.8. The number of rotatable bonds is 10. The second-order valence-corrected chi connectivity index (χ2v) is 11.4. The smallest absolute Gasteiger partial charge is 0.264 e. The number of amides is 1. The van der Waals surface area contributed by atoms with Gasteiger partial charge < -0.3 is 4.90 Å². The Labute approximate surface area is 220 Å². The third-order valence-electron chi connectivity index (χ3n) is 6.25. The Hall–Kier alpha value is -3.34. The summed E-state index contributed by atoms with van der Waals surface area (Å²) in [5.41, 5.74) is 1.09. The summed E-state index contributed by atoms with van der Waals surface area (Å²) in [6.45, 7) is 6.73. The number of carbonyl (C=O) groups excluding carboxylic acids is 1. The van der Waals surface area contributed by atoms with Gasteiger partial charge in [0.05, 0.1) is 15.3 Å². The summed E-state index contributed by atoms with van der Waals surface area (Å²) < 4.78 is 42.4. The highest BCUT2D eigenvalue weighted by Crippen LogP contribution is 2.31. The van der Waals surface area contributed by atoms with Crippen LogP contribution in [-0.4, -0.2) is 57.4 Å². The topological polar surface area (TPSA) is 73.8 Å². The number of halogens is 1. The first-order valence-electron chi connectivity index (χ1n) is 12.0. The highest BCUT2D eigenvalue weighted by Gasteiger charge is 2.25. The van der Waals surface area contributed by atoms with Crippen LogP contribution in [0, 0.1) is 5.82 Å². The van der Waals surface area contributed by atoms with Gasteiger partial charge in [-0.15, -0.1) is 0 Å². The second-order valence-electron chi connectivity index (χ2n) is 8.40. The molecular weight excluding hydrogens is 511 g/mol. The minimum atomic E-state index is -3.81. The van der Waals surface area contributed by atoms with Gasteiger partial charge in [0.15, 0.2) is 5.13 Å². The highest BCUT2D eigenvalue weighted by atomic mass is 32.2. The van der Waals surface area contributed by atoms with Crippen molar-refractivity contribution in [2.24, 2.45) is 0 Å². The molecule has 1 amide bonds. The van der Waals surface area contributed by atoms with Crippen molar-refractivity contribution in [1.29, 1.82) is 0 Å². The number of anilines is 2. The first kappa shape index (κ1) is 26.7. The zero-order chi connectivity index (χ0) is 26.6. The van der Waals surface area contributed by atoms with Crippen LogP contribution < -0.4 is 9.21 Å². The fraction of sp³-hybridized carbons (Fsp3) is 0.259. The monoisotopic (exact) mass is 540 g/mol. The van der Waals surface area contributed by atoms with E-state index < -0.39 is 15.8 Å². The van der Waals surface area contributed by atoms with E-state index in [1.165, 1.54) is 53.0 Å². The molecule has 0 aliphatic heterocycles. The van der Waals surface area contributed by atoms with Gasteiger partial charge in [0.1, 0.15) is 11.3 Å². The molecule has 3 aromatic carbocycles. The average Bonchev–Trinajstić information content (AvgIpc) is 3.36. The second kappa shape index (κ2) is 11.4. The van der Waals surface area contributed by atoms with Gasteiger partial charge in [0.25, 0.3) is 15.9 Å². The maximum Gasteiger partial charge on any atom is 0.264 e. The molecule has 4 aromatic rings. The van der Waals surface area contributed by atoms with Gasteiger partial charge in [-0.05, 0) is 61.6 Å². The van der Waals surface area contributed by atoms with Crippen LogP contribution in [-0.2, 0) is 10.0 Å². The number of likely N-dealkylation sites (N-methyl/N-ethyl adjacent to an activating group) is 1. The summed E-state index contributed by atoms with van der Waals surface area (Å²) in [6, 6.07) is 19.4. The molecule has 0 atom stereocenters. The fourth-order valence-corrected chi connectivity index (χ4v) is 6.14. The van der Waals surface area contributed by atoms with Gasteiger partial charge in [-0.2, -0.15) is 0 Å². The van der Waals surface area contributed by atoms with Crippen molar-refractivity contribution in [3.63, 3.8) is 0 Å². The summed E-state index contributed by atoms with van der Waals surface area (Å²) in [4.78, 5) is 21.9. The van der Waals surface area contributed by atoms with E-state index in [9.17, 15) is 17.6 Å². The van der Waals surface area contributed by atoms with Crippen LogP contribution >= 0.6 is 11.3 Å². The Morgan fingerprint density at radius 2 is 1.59 bits per heavy atom. The predicted molar refractivity (Wildman–Crippen MR) is 148 cm³/mol. The molecule has 4 rings (SSSR count). The lowest BCUT2D eigenvalue weighted by molar-refractivity contribution is 0.0983. The maximum atomic E-state index is 14.3. The van der Waals surface area contributed by atoms with Crippen molar-refractivity contribution in [2.45, 2.75) is 18.7 Å². The Morgan fingerprint density at radius 1 is 0.919 bits per heavy atom. The number of nitrogens with zero attached hydrogens (tertiary/aromatic N) is 4. The molecule has 0 saturated heterocycles. The Bertz CT molecular complexity index is 1470. The molecule has 0 fully saturated rings. The van der Waals surface area contributed by atoms with E-state index in [2.05, 4.69) is 9.88 Å². The van der Waals surface area contributed by atoms with Crippen LogP contribution in [0.25, 0.3) is 10.2 Å². The summed E-state index contributed by atoms with van der Waals surface area (Å²) >= 11 is 1.25. The van der Waals surface area contributed by atoms with E-state index in [-0.39, 0.29) is 16.3 Å². The van der Waals surface area contributed by atoms with Crippen LogP contribution in [0.3, 0.4) is 0 Å². The molecule has 7 nitrogen and oxygen atoms in total. The minimum Gasteiger partial charge on any atom is -0.302 e. The van der Waals surface area contributed by atoms with Crippen LogP contribution in [0.15, 0.2) is 77.7 Å². The number of para-hydroxylation sites is 2. The molecule has 0 spiro atoms. The number of fused-ring (bicyclic) bond motifs is 1. The molecule has 0 N–H and O–H groups in total. The summed E-state index contributed by atoms with van der Waals surface area (Å²) in [5, 5.41) is 0.401. The fourth-order valence-electron chi connectivity index (χ4n) is 3.94. The zero-order valence-corrected chi connectivity index (χ0v) is 22.6. The molecule has 0 saturated carbocycles. The van der Waals surface area contributed by atoms with Gasteiger partial charge in [-0.3, -0.25) is 14.0 Å². The Morgan fingerprint density at radius 3 is 2.22 bits per heavy atom. The van der Waals surface area contributed by atoms with Gasteiger partial charge in [0.2, 0.25) is 0 Å². The third kappa shape index (κ3) is 5.66. The number of hydrogen-bond donors (Lipinski definition) is 0. The van der Waals surface area contributed by atoms with Crippen molar-refractivity contribution in [1.82, 2.24) is 9.88 Å². The summed E-state index contributed by atoms with van der Waals surface area (Å²) in [7, 11) is -2.32. The van der Waals surface area contributed by atoms with E-state index in [1.54, 1.807) is 41.3 Å². The number of thiazole rings is 1. The van der Waals surface area contributed by atoms with Crippen LogP contribution in [0.2, 0.25) is 0 Å². The molecular formula is C27H29FN4O3S2. The lowest BCUT2D eigenvalue weighted by atomic mass is 10.2. The van der Waals surface area contributed by atoms with Crippen LogP contribution in [0.1, 0.15) is 24.2 Å². The van der Waals surface area contributed by atoms with Crippen LogP contribution in [0.4, 0.5) is 15.2 Å². The molecule has 0 unspecified atom stereocenters. The van der Waals surface area contributed by atoms with Gasteiger partial charge in [-0.1, -0.05) is 49.4 Å². The molecule has 0 aliphatic carbocycles. The summed E-state index contributed by atoms with van der Waals surface area (Å²) in [5.74, 6) is -0.764. The lowest BCUT2D eigenvalue weighted by Crippen LogP contribution is -2.38. The number of aromatic nitrogens is 1. The van der Waals surface area contributed by atoms with E-state index in [4.69, 9.17) is 0 Å². The number of benzene rings is 3. The van der Waals surface area contributed by atoms with Crippen LogP contribution in [0.5, 0.6) is 0 Å². The first-order valence-corrected chi connectivity index (χ1v) is 14.2. The number of hydrogen-bond acceptors (Lipinski definition) is 6. The largest absolute Gasteiger partial charge is 0.302 e. The van der Waals surface area contributed by atoms with Gasteiger partial charge >= 0.3 is 0 Å². The molecule has 0 radical (unpaired) electrons. The quantitative estimate of drug-likeness (QED) is 0.275. The van der Waals surface area contributed by atoms with Gasteiger partial charge in [-0.25, -0.2) is 17.8 Å². The Balaban J connectivity index is 1.64. The highest BCUT2D eigenvalue weighted by molar-refractivity contribution is 7.92. The minimum absolute atomic E-state index is 0.0761. The standard InChI is InChI=1S/C27H29FN4O3S2/c1-4-31(5-2)18-19-32(27-29-25-23(28)12-9-13-24(25)36-27)26(33)20-14-16-22(17-15-20)37(34,35)30(3)21-10-7-6-8-11-21/h6-17H,4-5,18-19H2,1-3H3. The molecule has 0 bridgehead atoms. The van der Waals surface area contributed by atoms with E-state index >= 15 is 0 Å². The molecule has 10 heteroatoms. The number of sulfonamides is 1.